The van der Waals surface area contributed by atoms with Crippen LogP contribution < -0.4 is 10.1 Å². The Bertz CT molecular complexity index is 1200. The number of aromatic nitrogens is 2. The van der Waals surface area contributed by atoms with Crippen LogP contribution in [0.4, 0.5) is 5.82 Å². The van der Waals surface area contributed by atoms with Crippen molar-refractivity contribution in [3.8, 4) is 5.75 Å². The number of hydrogen-bond acceptors (Lipinski definition) is 7. The lowest BCUT2D eigenvalue weighted by Crippen LogP contribution is -2.33. The second-order valence-corrected chi connectivity index (χ2v) is 7.68. The number of hydrogen-bond donors (Lipinski definition) is 3. The van der Waals surface area contributed by atoms with Crippen molar-refractivity contribution < 1.29 is 24.5 Å². The molecule has 0 bridgehead atoms. The monoisotopic (exact) mass is 476 g/mol. The van der Waals surface area contributed by atoms with Gasteiger partial charge in [-0.1, -0.05) is 48.5 Å². The van der Waals surface area contributed by atoms with Gasteiger partial charge in [-0.2, -0.15) is 0 Å². The molecule has 1 aliphatic rings. The molecule has 2 heterocycles. The average Bonchev–Trinajstić information content (AvgIpc) is 2.88. The number of fused-ring (bicyclic) bond motifs is 1. The maximum atomic E-state index is 9.55. The summed E-state index contributed by atoms with van der Waals surface area (Å²) < 4.78 is 5.28. The van der Waals surface area contributed by atoms with Crippen molar-refractivity contribution in [2.24, 2.45) is 0 Å². The number of carbonyl (C=O) groups is 2. The summed E-state index contributed by atoms with van der Waals surface area (Å²) in [4.78, 5) is 29.8. The van der Waals surface area contributed by atoms with Crippen LogP contribution >= 0.6 is 0 Å². The van der Waals surface area contributed by atoms with Crippen molar-refractivity contribution >= 4 is 34.1 Å². The number of ether oxygens (including phenoxy) is 1. The van der Waals surface area contributed by atoms with Crippen LogP contribution in [-0.2, 0) is 9.59 Å². The Morgan fingerprint density at radius 2 is 1.86 bits per heavy atom. The number of aliphatic carboxylic acids is 2. The molecule has 0 atom stereocenters. The quantitative estimate of drug-likeness (QED) is 0.419. The molecule has 9 heteroatoms. The van der Waals surface area contributed by atoms with Gasteiger partial charge in [-0.15, -0.1) is 0 Å². The van der Waals surface area contributed by atoms with E-state index in [4.69, 9.17) is 14.9 Å². The number of nitrogens with zero attached hydrogens (tertiary/aromatic N) is 3. The van der Waals surface area contributed by atoms with Gasteiger partial charge in [0.15, 0.2) is 11.6 Å². The minimum absolute atomic E-state index is 0.558. The van der Waals surface area contributed by atoms with Crippen molar-refractivity contribution in [2.45, 2.75) is 6.42 Å². The Kier molecular flexibility index (Phi) is 9.32. The molecular weight excluding hydrogens is 448 g/mol. The first-order chi connectivity index (χ1) is 17.0. The number of rotatable bonds is 8. The van der Waals surface area contributed by atoms with E-state index in [1.807, 2.05) is 0 Å². The number of carboxylic acids is 2. The summed E-state index contributed by atoms with van der Waals surface area (Å²) in [5.41, 5.74) is 2.82. The normalized spacial score (nSPS) is 13.6. The molecule has 1 aliphatic heterocycles. The van der Waals surface area contributed by atoms with Crippen molar-refractivity contribution in [1.29, 1.82) is 0 Å². The summed E-state index contributed by atoms with van der Waals surface area (Å²) in [6.07, 6.45) is 7.77. The molecule has 0 spiro atoms. The summed E-state index contributed by atoms with van der Waals surface area (Å²) >= 11 is 0. The first kappa shape index (κ1) is 25.4. The van der Waals surface area contributed by atoms with Crippen molar-refractivity contribution in [3.63, 3.8) is 0 Å². The van der Waals surface area contributed by atoms with Crippen LogP contribution in [0.25, 0.3) is 16.3 Å². The molecule has 2 aromatic carbocycles. The molecule has 0 saturated heterocycles. The summed E-state index contributed by atoms with van der Waals surface area (Å²) in [6.45, 7) is 3.83. The fraction of sp³-hybridized carbons (Fsp3) is 0.231. The van der Waals surface area contributed by atoms with Gasteiger partial charge in [0.1, 0.15) is 6.33 Å². The maximum Gasteiger partial charge on any atom is 0.328 e. The first-order valence-corrected chi connectivity index (χ1v) is 11.1. The van der Waals surface area contributed by atoms with E-state index < -0.39 is 11.9 Å². The SMILES string of the molecule is COc1cncnc1NCCN1CC=C(c2cccc3ccccc23)CC1.O=C(O)/C=C/C(=O)O. The number of anilines is 1. The molecule has 182 valence electrons. The molecule has 0 saturated carbocycles. The topological polar surface area (TPSA) is 125 Å². The summed E-state index contributed by atoms with van der Waals surface area (Å²) in [5.74, 6) is -1.09. The fourth-order valence-electron chi connectivity index (χ4n) is 3.74. The van der Waals surface area contributed by atoms with Gasteiger partial charge in [0.05, 0.1) is 13.3 Å². The Labute approximate surface area is 203 Å². The molecule has 0 radical (unpaired) electrons. The van der Waals surface area contributed by atoms with Crippen LogP contribution in [0.5, 0.6) is 5.75 Å². The molecule has 0 aliphatic carbocycles. The first-order valence-electron chi connectivity index (χ1n) is 11.1. The van der Waals surface area contributed by atoms with Gasteiger partial charge in [0, 0.05) is 38.3 Å². The largest absolute Gasteiger partial charge is 0.491 e. The Hall–Kier alpha value is -4.24. The van der Waals surface area contributed by atoms with Crippen molar-refractivity contribution in [2.75, 3.05) is 38.6 Å². The van der Waals surface area contributed by atoms with E-state index in [9.17, 15) is 9.59 Å². The average molecular weight is 477 g/mol. The predicted molar refractivity (Wildman–Crippen MR) is 134 cm³/mol. The van der Waals surface area contributed by atoms with Crippen LogP contribution in [0.2, 0.25) is 0 Å². The Morgan fingerprint density at radius 1 is 1.11 bits per heavy atom. The van der Waals surface area contributed by atoms with Gasteiger partial charge < -0.3 is 20.3 Å². The zero-order valence-electron chi connectivity index (χ0n) is 19.4. The van der Waals surface area contributed by atoms with Gasteiger partial charge in [0.25, 0.3) is 0 Å². The van der Waals surface area contributed by atoms with E-state index in [1.165, 1.54) is 28.2 Å². The van der Waals surface area contributed by atoms with E-state index in [2.05, 4.69) is 68.7 Å². The molecule has 3 aromatic rings. The molecule has 0 fully saturated rings. The second kappa shape index (κ2) is 12.9. The predicted octanol–water partition coefficient (Wildman–Crippen LogP) is 3.55. The van der Waals surface area contributed by atoms with Crippen LogP contribution in [0.3, 0.4) is 0 Å². The summed E-state index contributed by atoms with van der Waals surface area (Å²) in [7, 11) is 1.63. The highest BCUT2D eigenvalue weighted by Gasteiger charge is 2.14. The lowest BCUT2D eigenvalue weighted by atomic mass is 9.94. The molecule has 9 nitrogen and oxygen atoms in total. The lowest BCUT2D eigenvalue weighted by Gasteiger charge is -2.27. The minimum Gasteiger partial charge on any atom is -0.491 e. The zero-order chi connectivity index (χ0) is 25.0. The standard InChI is InChI=1S/C22H24N4O.C4H4O4/c1-27-21-15-23-16-25-22(21)24-11-14-26-12-9-18(10-13-26)20-8-4-6-17-5-2-3-7-19(17)20;5-3(6)1-2-4(7)8/h2-9,15-16H,10-14H2,1H3,(H,23,24,25);1-2H,(H,5,6)(H,7,8)/b;2-1+. The highest BCUT2D eigenvalue weighted by Crippen LogP contribution is 2.29. The van der Waals surface area contributed by atoms with Gasteiger partial charge in [-0.05, 0) is 28.3 Å². The highest BCUT2D eigenvalue weighted by molar-refractivity contribution is 5.94. The van der Waals surface area contributed by atoms with E-state index >= 15 is 0 Å². The van der Waals surface area contributed by atoms with E-state index in [-0.39, 0.29) is 0 Å². The number of methoxy groups -OCH3 is 1. The van der Waals surface area contributed by atoms with Gasteiger partial charge in [-0.25, -0.2) is 19.6 Å². The summed E-state index contributed by atoms with van der Waals surface area (Å²) in [6, 6.07) is 15.2. The molecule has 0 unspecified atom stereocenters. The van der Waals surface area contributed by atoms with Crippen LogP contribution in [0.1, 0.15) is 12.0 Å². The van der Waals surface area contributed by atoms with Gasteiger partial charge in [0.2, 0.25) is 0 Å². The zero-order valence-corrected chi connectivity index (χ0v) is 19.4. The van der Waals surface area contributed by atoms with Crippen molar-refractivity contribution in [1.82, 2.24) is 14.9 Å². The third-order valence-corrected chi connectivity index (χ3v) is 5.42. The Morgan fingerprint density at radius 3 is 2.54 bits per heavy atom. The van der Waals surface area contributed by atoms with E-state index in [0.29, 0.717) is 17.9 Å². The molecule has 35 heavy (non-hydrogen) atoms. The third-order valence-electron chi connectivity index (χ3n) is 5.42. The molecule has 0 amide bonds. The molecule has 4 rings (SSSR count). The number of carboxylic acid groups (broad SMARTS) is 2. The molecular formula is C26H28N4O5. The minimum atomic E-state index is -1.26. The molecule has 3 N–H and O–H groups in total. The number of benzene rings is 2. The lowest BCUT2D eigenvalue weighted by molar-refractivity contribution is -0.134. The maximum absolute atomic E-state index is 9.55. The number of nitrogens with one attached hydrogen (secondary N) is 1. The fourth-order valence-corrected chi connectivity index (χ4v) is 3.74. The van der Waals surface area contributed by atoms with Crippen molar-refractivity contribution in [3.05, 3.63) is 78.8 Å². The van der Waals surface area contributed by atoms with E-state index in [1.54, 1.807) is 13.3 Å². The summed E-state index contributed by atoms with van der Waals surface area (Å²) in [5, 5.41) is 21.6. The highest BCUT2D eigenvalue weighted by atomic mass is 16.5. The van der Waals surface area contributed by atoms with Crippen LogP contribution in [-0.4, -0.2) is 70.3 Å². The Balaban J connectivity index is 0.000000371. The van der Waals surface area contributed by atoms with Gasteiger partial charge >= 0.3 is 11.9 Å². The second-order valence-electron chi connectivity index (χ2n) is 7.68. The van der Waals surface area contributed by atoms with Crippen LogP contribution in [0.15, 0.2) is 73.2 Å². The van der Waals surface area contributed by atoms with Crippen LogP contribution in [0, 0.1) is 0 Å². The smallest absolute Gasteiger partial charge is 0.328 e. The third kappa shape index (κ3) is 7.65. The molecule has 1 aromatic heterocycles. The van der Waals surface area contributed by atoms with E-state index in [0.717, 1.165) is 38.4 Å². The van der Waals surface area contributed by atoms with Gasteiger partial charge in [-0.3, -0.25) is 4.90 Å².